The maximum atomic E-state index is 13.0. The molecule has 0 atom stereocenters. The van der Waals surface area contributed by atoms with Gasteiger partial charge in [-0.2, -0.15) is 21.6 Å². The van der Waals surface area contributed by atoms with Crippen molar-refractivity contribution in [3.63, 3.8) is 0 Å². The van der Waals surface area contributed by atoms with E-state index in [0.717, 1.165) is 5.56 Å². The van der Waals surface area contributed by atoms with E-state index >= 15 is 0 Å². The van der Waals surface area contributed by atoms with Crippen LogP contribution >= 0.6 is 0 Å². The van der Waals surface area contributed by atoms with Crippen molar-refractivity contribution in [2.75, 3.05) is 6.54 Å². The third-order valence-electron chi connectivity index (χ3n) is 4.77. The predicted octanol–water partition coefficient (Wildman–Crippen LogP) is 2.98. The quantitative estimate of drug-likeness (QED) is 0.426. The van der Waals surface area contributed by atoms with Crippen molar-refractivity contribution in [2.24, 2.45) is 5.92 Å². The average Bonchev–Trinajstić information content (AvgIpc) is 3.58. The largest absolute Gasteiger partial charge is 0.522 e. The number of hydrogen-bond acceptors (Lipinski definition) is 5. The minimum absolute atomic E-state index is 0.0202. The second-order valence-electron chi connectivity index (χ2n) is 7.38. The smallest absolute Gasteiger partial charge is 0.354 e. The monoisotopic (exact) mass is 483 g/mol. The summed E-state index contributed by atoms with van der Waals surface area (Å²) >= 11 is 0. The number of nitrogens with zero attached hydrogens (tertiary/aromatic N) is 2. The summed E-state index contributed by atoms with van der Waals surface area (Å²) in [6.45, 7) is 0.670. The third kappa shape index (κ3) is 6.39. The molecule has 1 aliphatic rings. The molecule has 176 valence electrons. The summed E-state index contributed by atoms with van der Waals surface area (Å²) in [6.07, 6.45) is 2.35. The van der Waals surface area contributed by atoms with Gasteiger partial charge in [-0.3, -0.25) is 18.7 Å². The number of rotatable bonds is 5. The molecule has 12 heteroatoms. The number of para-hydroxylation sites is 1. The Morgan fingerprint density at radius 3 is 2.24 bits per heavy atom. The summed E-state index contributed by atoms with van der Waals surface area (Å²) in [7, 11) is -5.84. The summed E-state index contributed by atoms with van der Waals surface area (Å²) in [5.41, 5.74) is -4.26. The maximum Gasteiger partial charge on any atom is 0.522 e. The lowest BCUT2D eigenvalue weighted by Crippen LogP contribution is -2.34. The number of aromatic nitrogens is 2. The van der Waals surface area contributed by atoms with Crippen LogP contribution in [0.15, 0.2) is 59.4 Å². The van der Waals surface area contributed by atoms with Crippen molar-refractivity contribution in [1.82, 2.24) is 14.9 Å². The minimum Gasteiger partial charge on any atom is -0.354 e. The Morgan fingerprint density at radius 2 is 1.67 bits per heavy atom. The predicted molar refractivity (Wildman–Crippen MR) is 115 cm³/mol. The highest BCUT2D eigenvalue weighted by molar-refractivity contribution is 7.86. The van der Waals surface area contributed by atoms with Crippen molar-refractivity contribution >= 4 is 26.9 Å². The fourth-order valence-corrected chi connectivity index (χ4v) is 2.90. The van der Waals surface area contributed by atoms with Crippen LogP contribution in [-0.4, -0.2) is 40.5 Å². The second-order valence-corrected chi connectivity index (χ2v) is 8.79. The average molecular weight is 483 g/mol. The molecule has 0 radical (unpaired) electrons. The van der Waals surface area contributed by atoms with E-state index < -0.39 is 15.6 Å². The van der Waals surface area contributed by atoms with Crippen LogP contribution in [0.1, 0.15) is 12.8 Å². The van der Waals surface area contributed by atoms with E-state index in [2.05, 4.69) is 10.3 Å². The summed E-state index contributed by atoms with van der Waals surface area (Å²) in [5.74, 6) is 0.970. The molecule has 3 aromatic rings. The van der Waals surface area contributed by atoms with Crippen LogP contribution < -0.4 is 10.9 Å². The van der Waals surface area contributed by atoms with E-state index in [4.69, 9.17) is 13.0 Å². The van der Waals surface area contributed by atoms with E-state index in [0.29, 0.717) is 29.2 Å². The van der Waals surface area contributed by atoms with Gasteiger partial charge in [-0.25, -0.2) is 4.98 Å². The Hall–Kier alpha value is -3.25. The van der Waals surface area contributed by atoms with Gasteiger partial charge in [0, 0.05) is 12.1 Å². The molecule has 33 heavy (non-hydrogen) atoms. The number of amides is 1. The molecule has 0 aliphatic heterocycles. The molecule has 1 fully saturated rings. The van der Waals surface area contributed by atoms with Crippen LogP contribution in [0.3, 0.4) is 0 Å². The van der Waals surface area contributed by atoms with Gasteiger partial charge in [-0.15, -0.1) is 0 Å². The normalized spacial score (nSPS) is 13.8. The first kappa shape index (κ1) is 24.4. The van der Waals surface area contributed by atoms with Gasteiger partial charge in [0.2, 0.25) is 5.91 Å². The van der Waals surface area contributed by atoms with Crippen LogP contribution in [0.25, 0.3) is 22.3 Å². The molecule has 0 bridgehead atoms. The second kappa shape index (κ2) is 9.71. The molecule has 2 N–H and O–H groups in total. The lowest BCUT2D eigenvalue weighted by atomic mass is 10.2. The Kier molecular flexibility index (Phi) is 7.18. The van der Waals surface area contributed by atoms with E-state index in [1.807, 2.05) is 48.5 Å². The first-order chi connectivity index (χ1) is 15.5. The van der Waals surface area contributed by atoms with E-state index in [-0.39, 0.29) is 18.0 Å². The molecule has 1 amide bonds. The van der Waals surface area contributed by atoms with Gasteiger partial charge in [-0.05, 0) is 30.9 Å². The topological polar surface area (TPSA) is 118 Å². The van der Waals surface area contributed by atoms with Crippen LogP contribution in [0, 0.1) is 5.92 Å². The first-order valence-corrected chi connectivity index (χ1v) is 11.3. The molecule has 1 aliphatic carbocycles. The fraction of sp³-hybridized carbons (Fsp3) is 0.286. The molecule has 0 unspecified atom stereocenters. The molecule has 8 nitrogen and oxygen atoms in total. The van der Waals surface area contributed by atoms with Gasteiger partial charge in [0.25, 0.3) is 5.56 Å². The van der Waals surface area contributed by atoms with Crippen molar-refractivity contribution < 1.29 is 30.9 Å². The van der Waals surface area contributed by atoms with Gasteiger partial charge >= 0.3 is 15.6 Å². The molecule has 1 heterocycles. The number of nitrogens with one attached hydrogen (secondary N) is 1. The van der Waals surface area contributed by atoms with Crippen molar-refractivity contribution in [1.29, 1.82) is 0 Å². The highest BCUT2D eigenvalue weighted by atomic mass is 32.2. The summed E-state index contributed by atoms with van der Waals surface area (Å²) < 4.78 is 59.0. The Bertz CT molecular complexity index is 1300. The first-order valence-electron chi connectivity index (χ1n) is 9.83. The highest BCUT2D eigenvalue weighted by Gasteiger charge is 2.44. The molecule has 1 saturated carbocycles. The van der Waals surface area contributed by atoms with E-state index in [1.165, 1.54) is 17.4 Å². The minimum atomic E-state index is -5.84. The van der Waals surface area contributed by atoms with E-state index in [1.54, 1.807) is 6.07 Å². The number of halogens is 3. The SMILES string of the molecule is O=C(Cn1c(-c2ccccc2)nc2ccccc2c1=O)NCC1CC1.O=S(=O)(O)C(F)(F)F. The molecule has 0 spiro atoms. The molecular formula is C21H20F3N3O5S. The number of carbonyl (C=O) groups is 1. The summed E-state index contributed by atoms with van der Waals surface area (Å²) in [6, 6.07) is 16.7. The molecule has 0 saturated heterocycles. The number of alkyl halides is 3. The molecule has 1 aromatic heterocycles. The van der Waals surface area contributed by atoms with Gasteiger partial charge in [0.15, 0.2) is 0 Å². The van der Waals surface area contributed by atoms with Gasteiger partial charge in [0.05, 0.1) is 10.9 Å². The summed E-state index contributed by atoms with van der Waals surface area (Å²) in [5, 5.41) is 3.45. The number of carbonyl (C=O) groups excluding carboxylic acids is 1. The van der Waals surface area contributed by atoms with Crippen molar-refractivity contribution in [3.8, 4) is 11.4 Å². The number of hydrogen-bond donors (Lipinski definition) is 2. The van der Waals surface area contributed by atoms with Crippen LogP contribution in [-0.2, 0) is 21.5 Å². The molecular weight excluding hydrogens is 463 g/mol. The summed E-state index contributed by atoms with van der Waals surface area (Å²) in [4.78, 5) is 29.9. The highest BCUT2D eigenvalue weighted by Crippen LogP contribution is 2.27. The van der Waals surface area contributed by atoms with Gasteiger partial charge < -0.3 is 5.32 Å². The Labute approximate surface area is 186 Å². The van der Waals surface area contributed by atoms with Gasteiger partial charge in [-0.1, -0.05) is 42.5 Å². The van der Waals surface area contributed by atoms with Crippen molar-refractivity contribution in [3.05, 3.63) is 65.0 Å². The zero-order valence-corrected chi connectivity index (χ0v) is 17.9. The number of fused-ring (bicyclic) bond motifs is 1. The zero-order chi connectivity index (χ0) is 24.2. The van der Waals surface area contributed by atoms with Crippen LogP contribution in [0.2, 0.25) is 0 Å². The van der Waals surface area contributed by atoms with Crippen LogP contribution in [0.4, 0.5) is 13.2 Å². The maximum absolute atomic E-state index is 13.0. The standard InChI is InChI=1S/C20H19N3O2.CHF3O3S/c24-18(21-12-14-10-11-14)13-23-19(15-6-2-1-3-7-15)22-17-9-5-4-8-16(17)20(23)25;2-1(3,4)8(5,6)7/h1-9,14H,10-13H2,(H,21,24);(H,5,6,7). The molecule has 4 rings (SSSR count). The van der Waals surface area contributed by atoms with Crippen molar-refractivity contribution in [2.45, 2.75) is 24.9 Å². The number of benzene rings is 2. The third-order valence-corrected chi connectivity index (χ3v) is 5.36. The Balaban J connectivity index is 0.000000331. The lowest BCUT2D eigenvalue weighted by molar-refractivity contribution is -0.121. The van der Waals surface area contributed by atoms with E-state index in [9.17, 15) is 22.8 Å². The molecule has 2 aromatic carbocycles. The Morgan fingerprint density at radius 1 is 1.09 bits per heavy atom. The van der Waals surface area contributed by atoms with Crippen LogP contribution in [0.5, 0.6) is 0 Å². The zero-order valence-electron chi connectivity index (χ0n) is 17.1. The van der Waals surface area contributed by atoms with Gasteiger partial charge in [0.1, 0.15) is 12.4 Å². The lowest BCUT2D eigenvalue weighted by Gasteiger charge is -2.13. The fourth-order valence-electron chi connectivity index (χ4n) is 2.90.